The van der Waals surface area contributed by atoms with Crippen molar-refractivity contribution in [3.05, 3.63) is 0 Å². The second-order valence-electron chi connectivity index (χ2n) is 1.41. The molecule has 0 rings (SSSR count). The van der Waals surface area contributed by atoms with Gasteiger partial charge in [0, 0.05) is 0 Å². The summed E-state index contributed by atoms with van der Waals surface area (Å²) in [5, 5.41) is 5.86. The Morgan fingerprint density at radius 1 is 0.727 bits per heavy atom. The van der Waals surface area contributed by atoms with Crippen molar-refractivity contribution in [2.24, 2.45) is 0 Å². The van der Waals surface area contributed by atoms with Crippen LogP contribution < -0.4 is 10.6 Å². The van der Waals surface area contributed by atoms with Crippen molar-refractivity contribution in [1.82, 2.24) is 10.6 Å². The third kappa shape index (κ3) is 169. The number of nitrogens with one attached hydrogen (secondary N) is 2. The molecule has 0 bridgehead atoms. The lowest BCUT2D eigenvalue weighted by molar-refractivity contribution is 0.863. The molecule has 11 heavy (non-hydrogen) atoms. The molecular weight excluding hydrogens is 136 g/mol. The van der Waals surface area contributed by atoms with Gasteiger partial charge in [0.1, 0.15) is 0 Å². The van der Waals surface area contributed by atoms with Gasteiger partial charge < -0.3 is 10.6 Å². The van der Waals surface area contributed by atoms with Crippen molar-refractivity contribution in [3.8, 4) is 0 Å². The highest BCUT2D eigenvalue weighted by Crippen LogP contribution is 1.35. The molecule has 0 radical (unpaired) electrons. The zero-order valence-corrected chi connectivity index (χ0v) is 6.41. The molecule has 0 aliphatic carbocycles. The first-order valence-corrected chi connectivity index (χ1v) is 3.12. The largest absolute Gasteiger partial charge is 0.320 e. The van der Waals surface area contributed by atoms with Crippen LogP contribution in [0.4, 0.5) is 0 Å². The minimum Gasteiger partial charge on any atom is -0.320 e. The molecule has 76 valence electrons. The van der Waals surface area contributed by atoms with Gasteiger partial charge in [-0.25, -0.2) is 0 Å². The molecule has 0 aromatic heterocycles. The Balaban J connectivity index is -0.0000000171. The molecule has 2 nitrogen and oxygen atoms in total. The van der Waals surface area contributed by atoms with E-state index >= 15 is 0 Å². The molecule has 0 amide bonds. The first-order chi connectivity index (χ1) is 3.83. The molecule has 0 atom stereocenters. The summed E-state index contributed by atoms with van der Waals surface area (Å²) in [6, 6.07) is 0. The quantitative estimate of drug-likeness (QED) is 0.658. The zero-order chi connectivity index (χ0) is 6.83. The number of hydrogen-bond donors (Lipinski definition) is 2. The van der Waals surface area contributed by atoms with E-state index in [2.05, 4.69) is 24.5 Å². The molecule has 0 fully saturated rings. The molecule has 0 heterocycles. The summed E-state index contributed by atoms with van der Waals surface area (Å²) in [4.78, 5) is 0. The maximum Gasteiger partial charge on any atom is -0.00804 e. The van der Waals surface area contributed by atoms with E-state index in [-0.39, 0.29) is 22.3 Å². The molecule has 0 aromatic carbocycles. The zero-order valence-electron chi connectivity index (χ0n) is 6.41. The van der Waals surface area contributed by atoms with Gasteiger partial charge in [0.25, 0.3) is 0 Å². The lowest BCUT2D eigenvalue weighted by Gasteiger charge is -1.76. The van der Waals surface area contributed by atoms with Crippen LogP contribution in [-0.4, -0.2) is 27.2 Å². The van der Waals surface area contributed by atoms with Crippen LogP contribution in [-0.2, 0) is 0 Å². The second-order valence-corrected chi connectivity index (χ2v) is 1.41. The smallest absolute Gasteiger partial charge is 0.00804 e. The van der Waals surface area contributed by atoms with E-state index in [0.717, 1.165) is 13.1 Å². The summed E-state index contributed by atoms with van der Waals surface area (Å²) < 4.78 is 0. The van der Waals surface area contributed by atoms with E-state index in [1.165, 1.54) is 0 Å². The van der Waals surface area contributed by atoms with E-state index in [9.17, 15) is 0 Å². The van der Waals surface area contributed by atoms with Crippen molar-refractivity contribution < 1.29 is 0 Å². The normalized spacial score (nSPS) is 5.45. The van der Waals surface area contributed by atoms with Crippen LogP contribution in [0.1, 0.15) is 36.1 Å². The van der Waals surface area contributed by atoms with Gasteiger partial charge in [0.05, 0.1) is 0 Å². The Morgan fingerprint density at radius 2 is 0.818 bits per heavy atom. The maximum absolute atomic E-state index is 2.93. The van der Waals surface area contributed by atoms with Crippen molar-refractivity contribution >= 4 is 0 Å². The first kappa shape index (κ1) is 30.7. The fourth-order valence-corrected chi connectivity index (χ4v) is 0. The van der Waals surface area contributed by atoms with E-state index in [1.807, 2.05) is 14.1 Å². The van der Waals surface area contributed by atoms with Crippen LogP contribution in [0.3, 0.4) is 0 Å². The molecular formula is C9H30N2. The molecule has 0 saturated carbocycles. The molecule has 2 N–H and O–H groups in total. The first-order valence-electron chi connectivity index (χ1n) is 3.12. The number of rotatable bonds is 2. The fraction of sp³-hybridized carbons (Fsp3) is 1.00. The van der Waals surface area contributed by atoms with Gasteiger partial charge >= 0.3 is 0 Å². The van der Waals surface area contributed by atoms with Crippen molar-refractivity contribution in [1.29, 1.82) is 0 Å². The molecule has 0 aromatic rings. The Hall–Kier alpha value is -0.0800. The van der Waals surface area contributed by atoms with Gasteiger partial charge in [0.2, 0.25) is 0 Å². The summed E-state index contributed by atoms with van der Waals surface area (Å²) in [5.41, 5.74) is 0. The van der Waals surface area contributed by atoms with Crippen LogP contribution in [0.25, 0.3) is 0 Å². The monoisotopic (exact) mass is 166 g/mol. The Kier molecular flexibility index (Phi) is 143. The third-order valence-corrected chi connectivity index (χ3v) is 0.707. The van der Waals surface area contributed by atoms with Crippen LogP contribution in [0.2, 0.25) is 0 Å². The minimum atomic E-state index is 0. The third-order valence-electron chi connectivity index (χ3n) is 0.707. The van der Waals surface area contributed by atoms with Crippen LogP contribution in [0, 0.1) is 0 Å². The highest BCUT2D eigenvalue weighted by molar-refractivity contribution is 4.16. The van der Waals surface area contributed by atoms with Crippen molar-refractivity contribution in [3.63, 3.8) is 0 Å². The Labute approximate surface area is 74.8 Å². The number of hydrogen-bond acceptors (Lipinski definition) is 2. The van der Waals surface area contributed by atoms with Gasteiger partial charge in [-0.2, -0.15) is 0 Å². The van der Waals surface area contributed by atoms with Crippen molar-refractivity contribution in [2.75, 3.05) is 27.2 Å². The topological polar surface area (TPSA) is 24.1 Å². The summed E-state index contributed by atoms with van der Waals surface area (Å²) in [6.07, 6.45) is 0. The lowest BCUT2D eigenvalue weighted by atomic mass is 10.8. The SMILES string of the molecule is C.C.C.CCNC.CCNC. The minimum absolute atomic E-state index is 0. The summed E-state index contributed by atoms with van der Waals surface area (Å²) >= 11 is 0. The summed E-state index contributed by atoms with van der Waals surface area (Å²) in [6.45, 7) is 6.28. The highest BCUT2D eigenvalue weighted by Gasteiger charge is 1.50. The molecule has 0 aliphatic heterocycles. The highest BCUT2D eigenvalue weighted by atomic mass is 14.8. The molecule has 0 aliphatic rings. The lowest BCUT2D eigenvalue weighted by Crippen LogP contribution is -2.01. The van der Waals surface area contributed by atoms with Gasteiger partial charge in [0.15, 0.2) is 0 Å². The average molecular weight is 166 g/mol. The van der Waals surface area contributed by atoms with E-state index in [0.29, 0.717) is 0 Å². The van der Waals surface area contributed by atoms with E-state index in [1.54, 1.807) is 0 Å². The van der Waals surface area contributed by atoms with Crippen LogP contribution >= 0.6 is 0 Å². The van der Waals surface area contributed by atoms with Gasteiger partial charge in [-0.15, -0.1) is 0 Å². The Bertz CT molecular complexity index is 15.5. The van der Waals surface area contributed by atoms with E-state index in [4.69, 9.17) is 0 Å². The molecule has 0 saturated heterocycles. The van der Waals surface area contributed by atoms with Gasteiger partial charge in [-0.05, 0) is 27.2 Å². The predicted molar refractivity (Wildman–Crippen MR) is 59.4 cm³/mol. The van der Waals surface area contributed by atoms with Crippen LogP contribution in [0.15, 0.2) is 0 Å². The molecule has 2 heteroatoms. The standard InChI is InChI=1S/2C3H9N.3CH4/c2*1-3-4-2;;;/h2*4H,3H2,1-2H3;3*1H4. The second kappa shape index (κ2) is 51.4. The molecule has 0 unspecified atom stereocenters. The fourth-order valence-electron chi connectivity index (χ4n) is 0. The summed E-state index contributed by atoms with van der Waals surface area (Å²) in [5.74, 6) is 0. The van der Waals surface area contributed by atoms with Gasteiger partial charge in [-0.3, -0.25) is 0 Å². The maximum atomic E-state index is 2.93. The van der Waals surface area contributed by atoms with Crippen LogP contribution in [0.5, 0.6) is 0 Å². The van der Waals surface area contributed by atoms with Crippen molar-refractivity contribution in [2.45, 2.75) is 36.1 Å². The summed E-state index contributed by atoms with van der Waals surface area (Å²) in [7, 11) is 3.86. The van der Waals surface area contributed by atoms with Gasteiger partial charge in [-0.1, -0.05) is 36.1 Å². The molecule has 0 spiro atoms. The Morgan fingerprint density at radius 3 is 0.818 bits per heavy atom. The predicted octanol–water partition coefficient (Wildman–Crippen LogP) is 2.36. The average Bonchev–Trinajstić information content (AvgIpc) is 1.88. The van der Waals surface area contributed by atoms with E-state index < -0.39 is 0 Å².